The highest BCUT2D eigenvalue weighted by atomic mass is 16.2. The number of nitrogens with two attached hydrogens (primary N) is 1. The molecule has 0 aromatic carbocycles. The van der Waals surface area contributed by atoms with E-state index in [2.05, 4.69) is 9.80 Å². The van der Waals surface area contributed by atoms with Crippen LogP contribution in [-0.4, -0.2) is 54.0 Å². The molecule has 20 heavy (non-hydrogen) atoms. The normalized spacial score (nSPS) is 35.6. The first-order valence-electron chi connectivity index (χ1n) is 8.52. The molecule has 3 atom stereocenters. The van der Waals surface area contributed by atoms with E-state index in [1.54, 1.807) is 0 Å². The van der Waals surface area contributed by atoms with Crippen LogP contribution >= 0.6 is 0 Å². The molecule has 4 nitrogen and oxygen atoms in total. The zero-order valence-electron chi connectivity index (χ0n) is 12.6. The van der Waals surface area contributed by atoms with Gasteiger partial charge in [0.15, 0.2) is 0 Å². The number of nitrogens with zero attached hydrogens (tertiary/aromatic N) is 2. The third-order valence-electron chi connectivity index (χ3n) is 5.39. The maximum absolute atomic E-state index is 12.8. The standard InChI is InChI=1S/C16H29N3O/c17-14-6-3-5-13(11-14)16(20)19-10-4-7-15(19)12-18-8-1-2-9-18/h13-15H,1-12,17H2/t13-,14-,15+/m1/s1. The molecule has 0 bridgehead atoms. The highest BCUT2D eigenvalue weighted by molar-refractivity contribution is 5.79. The first-order valence-corrected chi connectivity index (χ1v) is 8.52. The number of hydrogen-bond acceptors (Lipinski definition) is 3. The lowest BCUT2D eigenvalue weighted by molar-refractivity contribution is -0.137. The first kappa shape index (κ1) is 14.3. The van der Waals surface area contributed by atoms with E-state index in [4.69, 9.17) is 5.73 Å². The van der Waals surface area contributed by atoms with Gasteiger partial charge >= 0.3 is 0 Å². The largest absolute Gasteiger partial charge is 0.338 e. The summed E-state index contributed by atoms with van der Waals surface area (Å²) in [5.41, 5.74) is 6.05. The van der Waals surface area contributed by atoms with Crippen molar-refractivity contribution in [2.45, 2.75) is 63.5 Å². The molecule has 1 saturated carbocycles. The van der Waals surface area contributed by atoms with E-state index >= 15 is 0 Å². The zero-order chi connectivity index (χ0) is 13.9. The third kappa shape index (κ3) is 3.17. The minimum atomic E-state index is 0.206. The van der Waals surface area contributed by atoms with E-state index < -0.39 is 0 Å². The van der Waals surface area contributed by atoms with E-state index in [0.29, 0.717) is 11.9 Å². The maximum atomic E-state index is 12.8. The van der Waals surface area contributed by atoms with Gasteiger partial charge in [-0.2, -0.15) is 0 Å². The first-order chi connectivity index (χ1) is 9.74. The predicted octanol–water partition coefficient (Wildman–Crippen LogP) is 1.59. The Morgan fingerprint density at radius 1 is 1.00 bits per heavy atom. The van der Waals surface area contributed by atoms with Crippen LogP contribution in [0.2, 0.25) is 0 Å². The summed E-state index contributed by atoms with van der Waals surface area (Å²) < 4.78 is 0. The van der Waals surface area contributed by atoms with Gasteiger partial charge in [-0.15, -0.1) is 0 Å². The average Bonchev–Trinajstić information content (AvgIpc) is 3.10. The molecule has 2 heterocycles. The van der Waals surface area contributed by atoms with Gasteiger partial charge in [0.1, 0.15) is 0 Å². The Morgan fingerprint density at radius 2 is 1.80 bits per heavy atom. The quantitative estimate of drug-likeness (QED) is 0.853. The van der Waals surface area contributed by atoms with Gasteiger partial charge in [0.05, 0.1) is 0 Å². The van der Waals surface area contributed by atoms with Crippen molar-refractivity contribution in [3.05, 3.63) is 0 Å². The zero-order valence-corrected chi connectivity index (χ0v) is 12.6. The van der Waals surface area contributed by atoms with E-state index in [9.17, 15) is 4.79 Å². The SMILES string of the molecule is N[C@@H]1CCC[C@@H](C(=O)N2CCC[C@H]2CN2CCCC2)C1. The van der Waals surface area contributed by atoms with Crippen LogP contribution in [0, 0.1) is 5.92 Å². The van der Waals surface area contributed by atoms with Crippen LogP contribution in [0.5, 0.6) is 0 Å². The summed E-state index contributed by atoms with van der Waals surface area (Å²) in [6.07, 6.45) is 9.23. The maximum Gasteiger partial charge on any atom is 0.226 e. The van der Waals surface area contributed by atoms with Crippen LogP contribution in [0.1, 0.15) is 51.4 Å². The molecule has 0 unspecified atom stereocenters. The van der Waals surface area contributed by atoms with E-state index in [-0.39, 0.29) is 12.0 Å². The molecule has 2 aliphatic heterocycles. The van der Waals surface area contributed by atoms with Gasteiger partial charge < -0.3 is 15.5 Å². The second kappa shape index (κ2) is 6.44. The van der Waals surface area contributed by atoms with Gasteiger partial charge in [-0.25, -0.2) is 0 Å². The third-order valence-corrected chi connectivity index (χ3v) is 5.39. The summed E-state index contributed by atoms with van der Waals surface area (Å²) >= 11 is 0. The van der Waals surface area contributed by atoms with Crippen LogP contribution in [0.3, 0.4) is 0 Å². The number of rotatable bonds is 3. The van der Waals surface area contributed by atoms with Crippen molar-refractivity contribution < 1.29 is 4.79 Å². The van der Waals surface area contributed by atoms with Gasteiger partial charge in [0, 0.05) is 31.1 Å². The Balaban J connectivity index is 1.57. The van der Waals surface area contributed by atoms with Crippen molar-refractivity contribution in [3.8, 4) is 0 Å². The topological polar surface area (TPSA) is 49.6 Å². The Bertz CT molecular complexity index is 341. The van der Waals surface area contributed by atoms with Gasteiger partial charge in [-0.05, 0) is 58.0 Å². The van der Waals surface area contributed by atoms with Crippen molar-refractivity contribution in [2.24, 2.45) is 11.7 Å². The molecule has 3 fully saturated rings. The Hall–Kier alpha value is -0.610. The summed E-state index contributed by atoms with van der Waals surface area (Å²) in [6.45, 7) is 4.53. The second-order valence-corrected chi connectivity index (χ2v) is 6.96. The van der Waals surface area contributed by atoms with Crippen LogP contribution in [0.15, 0.2) is 0 Å². The summed E-state index contributed by atoms with van der Waals surface area (Å²) in [5, 5.41) is 0. The van der Waals surface area contributed by atoms with Crippen LogP contribution in [0.4, 0.5) is 0 Å². The van der Waals surface area contributed by atoms with Crippen molar-refractivity contribution >= 4 is 5.91 Å². The lowest BCUT2D eigenvalue weighted by Gasteiger charge is -2.34. The number of likely N-dealkylation sites (tertiary alicyclic amines) is 2. The van der Waals surface area contributed by atoms with Gasteiger partial charge in [0.25, 0.3) is 0 Å². The fourth-order valence-electron chi connectivity index (χ4n) is 4.27. The molecule has 0 aromatic heterocycles. The predicted molar refractivity (Wildman–Crippen MR) is 80.3 cm³/mol. The van der Waals surface area contributed by atoms with Crippen molar-refractivity contribution in [3.63, 3.8) is 0 Å². The van der Waals surface area contributed by atoms with E-state index in [1.165, 1.54) is 38.8 Å². The van der Waals surface area contributed by atoms with Crippen molar-refractivity contribution in [1.29, 1.82) is 0 Å². The molecule has 1 amide bonds. The van der Waals surface area contributed by atoms with Crippen LogP contribution < -0.4 is 5.73 Å². The Kier molecular flexibility index (Phi) is 4.61. The molecule has 2 N–H and O–H groups in total. The van der Waals surface area contributed by atoms with Gasteiger partial charge in [0.2, 0.25) is 5.91 Å². The number of amides is 1. The summed E-state index contributed by atoms with van der Waals surface area (Å²) in [7, 11) is 0. The molecular weight excluding hydrogens is 250 g/mol. The fourth-order valence-corrected chi connectivity index (χ4v) is 4.27. The minimum Gasteiger partial charge on any atom is -0.338 e. The smallest absolute Gasteiger partial charge is 0.226 e. The van der Waals surface area contributed by atoms with E-state index in [0.717, 1.165) is 38.8 Å². The van der Waals surface area contributed by atoms with Crippen LogP contribution in [-0.2, 0) is 4.79 Å². The van der Waals surface area contributed by atoms with Crippen molar-refractivity contribution in [1.82, 2.24) is 9.80 Å². The highest BCUT2D eigenvalue weighted by Gasteiger charge is 2.35. The Morgan fingerprint density at radius 3 is 2.55 bits per heavy atom. The molecule has 0 radical (unpaired) electrons. The number of carbonyl (C=O) groups is 1. The summed E-state index contributed by atoms with van der Waals surface area (Å²) in [6, 6.07) is 0.719. The molecule has 4 heteroatoms. The van der Waals surface area contributed by atoms with Crippen molar-refractivity contribution in [2.75, 3.05) is 26.2 Å². The lowest BCUT2D eigenvalue weighted by atomic mass is 9.85. The van der Waals surface area contributed by atoms with E-state index in [1.807, 2.05) is 0 Å². The fraction of sp³-hybridized carbons (Fsp3) is 0.938. The van der Waals surface area contributed by atoms with Gasteiger partial charge in [-0.1, -0.05) is 6.42 Å². The molecule has 2 saturated heterocycles. The molecule has 114 valence electrons. The Labute approximate surface area is 122 Å². The molecule has 1 aliphatic carbocycles. The summed E-state index contributed by atoms with van der Waals surface area (Å²) in [5.74, 6) is 0.611. The molecule has 0 aromatic rings. The molecule has 0 spiro atoms. The highest BCUT2D eigenvalue weighted by Crippen LogP contribution is 2.29. The minimum absolute atomic E-state index is 0.206. The second-order valence-electron chi connectivity index (χ2n) is 6.96. The molecule has 3 rings (SSSR count). The lowest BCUT2D eigenvalue weighted by Crippen LogP contribution is -2.46. The van der Waals surface area contributed by atoms with Gasteiger partial charge in [-0.3, -0.25) is 4.79 Å². The summed E-state index contributed by atoms with van der Waals surface area (Å²) in [4.78, 5) is 17.5. The molecular formula is C16H29N3O. The number of hydrogen-bond donors (Lipinski definition) is 1. The monoisotopic (exact) mass is 279 g/mol. The molecule has 3 aliphatic rings. The van der Waals surface area contributed by atoms with Crippen LogP contribution in [0.25, 0.3) is 0 Å². The number of carbonyl (C=O) groups excluding carboxylic acids is 1. The average molecular weight is 279 g/mol.